The van der Waals surface area contributed by atoms with Gasteiger partial charge in [0.25, 0.3) is 0 Å². The second kappa shape index (κ2) is 88.6. The van der Waals surface area contributed by atoms with E-state index in [4.69, 9.17) is 0 Å². The van der Waals surface area contributed by atoms with E-state index in [1.54, 1.807) is 0 Å². The molecule has 0 fully saturated rings. The summed E-state index contributed by atoms with van der Waals surface area (Å²) in [5, 5.41) is 0. The molecule has 0 aromatic heterocycles. The molecule has 0 nitrogen and oxygen atoms in total. The van der Waals surface area contributed by atoms with Crippen molar-refractivity contribution < 1.29 is 0 Å². The van der Waals surface area contributed by atoms with Crippen LogP contribution in [0.4, 0.5) is 0 Å². The van der Waals surface area contributed by atoms with Crippen molar-refractivity contribution >= 4 is 0 Å². The predicted molar refractivity (Wildman–Crippen MR) is 479 cm³/mol. The first-order valence-electron chi connectivity index (χ1n) is 45.6. The van der Waals surface area contributed by atoms with Gasteiger partial charge in [0.2, 0.25) is 0 Å². The summed E-state index contributed by atoms with van der Waals surface area (Å²) in [6.07, 6.45) is 37.4. The first-order valence-corrected chi connectivity index (χ1v) is 45.6. The van der Waals surface area contributed by atoms with Crippen molar-refractivity contribution in [2.75, 3.05) is 0 Å². The molecule has 8 unspecified atom stereocenters. The Morgan fingerprint density at radius 2 is 0.545 bits per heavy atom. The van der Waals surface area contributed by atoms with Gasteiger partial charge in [-0.25, -0.2) is 0 Å². The van der Waals surface area contributed by atoms with Gasteiger partial charge < -0.3 is 0 Å². The maximum Gasteiger partial charge on any atom is -0.0371 e. The minimum absolute atomic E-state index is 0.847. The summed E-state index contributed by atoms with van der Waals surface area (Å²) in [6, 6.07) is 0. The Kier molecular flexibility index (Phi) is 110. The fourth-order valence-corrected chi connectivity index (χ4v) is 12.5. The molecule has 0 saturated carbocycles. The van der Waals surface area contributed by atoms with Crippen LogP contribution >= 0.6 is 0 Å². The fourth-order valence-electron chi connectivity index (χ4n) is 12.5. The van der Waals surface area contributed by atoms with Gasteiger partial charge in [-0.15, -0.1) is 0 Å². The largest absolute Gasteiger partial charge is 0.0654 e. The quantitative estimate of drug-likeness (QED) is 0.0535. The van der Waals surface area contributed by atoms with Crippen LogP contribution < -0.4 is 0 Å². The third-order valence-electron chi connectivity index (χ3n) is 21.8. The minimum Gasteiger partial charge on any atom is -0.0654 e. The van der Waals surface area contributed by atoms with E-state index in [2.05, 4.69) is 325 Å². The Balaban J connectivity index is -0.0000000956. The fraction of sp³-hybridized carbons (Fsp3) is 1.00. The monoisotopic (exact) mass is 1410 g/mol. The van der Waals surface area contributed by atoms with Crippen LogP contribution in [0.5, 0.6) is 0 Å². The average Bonchev–Trinajstić information content (AvgIpc) is 2.16. The Bertz CT molecular complexity index is 1270. The van der Waals surface area contributed by atoms with Gasteiger partial charge >= 0.3 is 0 Å². The van der Waals surface area contributed by atoms with Crippen LogP contribution in [0.2, 0.25) is 0 Å². The number of hydrogen-bond acceptors (Lipinski definition) is 0. The Morgan fingerprint density at radius 1 is 0.182 bits per heavy atom. The van der Waals surface area contributed by atoms with Crippen molar-refractivity contribution in [2.45, 2.75) is 499 Å². The van der Waals surface area contributed by atoms with Gasteiger partial charge in [0.15, 0.2) is 0 Å². The van der Waals surface area contributed by atoms with Crippen LogP contribution in [0.15, 0.2) is 0 Å². The molecule has 99 heavy (non-hydrogen) atoms. The number of unbranched alkanes of at least 4 members (excludes halogenated alkanes) is 4. The molecule has 0 amide bonds. The minimum atomic E-state index is 0.847. The first kappa shape index (κ1) is 123. The van der Waals surface area contributed by atoms with Crippen LogP contribution in [0, 0.1) is 148 Å². The van der Waals surface area contributed by atoms with Gasteiger partial charge in [0, 0.05) is 0 Å². The number of hydrogen-bond donors (Lipinski definition) is 0. The van der Waals surface area contributed by atoms with Crippen molar-refractivity contribution in [1.82, 2.24) is 0 Å². The maximum atomic E-state index is 2.35. The molecular weight excluding hydrogens is 1190 g/mol. The second-order valence-electron chi connectivity index (χ2n) is 38.6. The Labute approximate surface area is 643 Å². The standard InChI is InChI=1S/11C9H20/c2*1-7(2)6-9(5)8(3)4;1-8(2)6-5-7-9(3)4;1-6-8(4)9(5)7(2)3;1-6-9(7(2)3)8(4)5;1-5-9(4)7-6-8(2)3;1-5-6-9(4)7-8(2)3;1-5-6-7-9(4)8(2)3;1-5-9(6-2)7-8(3)4;1-5-7-9(6-2)8(3)4;1-4-5-6-7-8-9(2)3/h2*7-9H,6H2,1-5H3;8-9H,5-7H2,1-4H3;2*7-9H,6H2,1-5H3;5*8-9H,5-7H2,1-4H3;9H,4-8H2,1-3H3. The zero-order valence-corrected chi connectivity index (χ0v) is 80.5. The van der Waals surface area contributed by atoms with Crippen molar-refractivity contribution in [3.63, 3.8) is 0 Å². The molecule has 0 aromatic rings. The number of rotatable bonds is 41. The Hall–Kier alpha value is 0. The lowest BCUT2D eigenvalue weighted by molar-refractivity contribution is 0.279. The van der Waals surface area contributed by atoms with E-state index in [-0.39, 0.29) is 0 Å². The topological polar surface area (TPSA) is 0 Å². The van der Waals surface area contributed by atoms with Gasteiger partial charge in [-0.1, -0.05) is 473 Å². The molecule has 0 aliphatic carbocycles. The molecule has 0 spiro atoms. The van der Waals surface area contributed by atoms with Crippen LogP contribution in [0.1, 0.15) is 499 Å². The first-order chi connectivity index (χ1) is 45.6. The summed E-state index contributed by atoms with van der Waals surface area (Å²) in [5.41, 5.74) is 0. The molecule has 0 aliphatic rings. The Morgan fingerprint density at radius 3 is 0.737 bits per heavy atom. The van der Waals surface area contributed by atoms with Crippen LogP contribution in [0.25, 0.3) is 0 Å². The maximum absolute atomic E-state index is 2.35. The molecule has 0 aliphatic heterocycles. The van der Waals surface area contributed by atoms with E-state index >= 15 is 0 Å². The summed E-state index contributed by atoms with van der Waals surface area (Å²) in [7, 11) is 0. The third kappa shape index (κ3) is 119. The molecule has 8 atom stereocenters. The van der Waals surface area contributed by atoms with E-state index in [0.717, 1.165) is 148 Å². The van der Waals surface area contributed by atoms with E-state index in [9.17, 15) is 0 Å². The lowest BCUT2D eigenvalue weighted by Crippen LogP contribution is -2.13. The molecular formula is C99H220. The van der Waals surface area contributed by atoms with Crippen molar-refractivity contribution in [1.29, 1.82) is 0 Å². The third-order valence-corrected chi connectivity index (χ3v) is 21.8. The highest BCUT2D eigenvalue weighted by atomic mass is 14.2. The highest BCUT2D eigenvalue weighted by Crippen LogP contribution is 2.26. The van der Waals surface area contributed by atoms with Gasteiger partial charge in [-0.3, -0.25) is 0 Å². The van der Waals surface area contributed by atoms with Gasteiger partial charge in [0.1, 0.15) is 0 Å². The van der Waals surface area contributed by atoms with Gasteiger partial charge in [0.05, 0.1) is 0 Å². The van der Waals surface area contributed by atoms with E-state index in [1.165, 1.54) is 173 Å². The molecule has 0 heteroatoms. The van der Waals surface area contributed by atoms with Gasteiger partial charge in [-0.2, -0.15) is 0 Å². The summed E-state index contributed by atoms with van der Waals surface area (Å²) < 4.78 is 0. The van der Waals surface area contributed by atoms with Crippen molar-refractivity contribution in [2.24, 2.45) is 148 Å². The summed E-state index contributed by atoms with van der Waals surface area (Å²) in [6.45, 7) is 108. The zero-order valence-electron chi connectivity index (χ0n) is 80.5. The van der Waals surface area contributed by atoms with E-state index in [1.807, 2.05) is 0 Å². The van der Waals surface area contributed by atoms with E-state index < -0.39 is 0 Å². The highest BCUT2D eigenvalue weighted by molar-refractivity contribution is 4.66. The normalized spacial score (nSPS) is 13.7. The smallest absolute Gasteiger partial charge is 0.0371 e. The summed E-state index contributed by atoms with van der Waals surface area (Å²) >= 11 is 0. The molecule has 0 saturated heterocycles. The molecule has 0 aromatic carbocycles. The SMILES string of the molecule is CC(C)CC(C)C(C)C.CC(C)CC(C)C(C)C.CC(C)CCCC(C)C.CCC(C(C)C)C(C)C.CCC(C)C(C)C(C)C.CCC(C)CCC(C)C.CCC(CC)CC(C)C.CCCC(C)CC(C)C.CCCC(CC)C(C)C.CCCCC(C)C(C)C.CCCCCCC(C)C. The van der Waals surface area contributed by atoms with E-state index in [0.29, 0.717) is 0 Å². The summed E-state index contributed by atoms with van der Waals surface area (Å²) in [4.78, 5) is 0. The lowest BCUT2D eigenvalue weighted by atomic mass is 9.84. The zero-order chi connectivity index (χ0) is 80.5. The molecule has 0 radical (unpaired) electrons. The molecule has 616 valence electrons. The average molecular weight is 1410 g/mol. The molecule has 0 bridgehead atoms. The molecule has 0 heterocycles. The highest BCUT2D eigenvalue weighted by Gasteiger charge is 2.15. The molecule has 0 rings (SSSR count). The second-order valence-corrected chi connectivity index (χ2v) is 38.6. The van der Waals surface area contributed by atoms with Crippen molar-refractivity contribution in [3.05, 3.63) is 0 Å². The van der Waals surface area contributed by atoms with Crippen LogP contribution in [0.3, 0.4) is 0 Å². The van der Waals surface area contributed by atoms with Crippen molar-refractivity contribution in [3.8, 4) is 0 Å². The summed E-state index contributed by atoms with van der Waals surface area (Å²) in [5.74, 6) is 22.3. The molecule has 0 N–H and O–H groups in total. The van der Waals surface area contributed by atoms with Crippen LogP contribution in [-0.4, -0.2) is 0 Å². The predicted octanol–water partition coefficient (Wildman–Crippen LogP) is 37.7. The lowest BCUT2D eigenvalue weighted by Gasteiger charge is -2.22. The van der Waals surface area contributed by atoms with Crippen LogP contribution in [-0.2, 0) is 0 Å². The van der Waals surface area contributed by atoms with Gasteiger partial charge in [-0.05, 0) is 174 Å².